The van der Waals surface area contributed by atoms with Crippen LogP contribution in [0.25, 0.3) is 11.1 Å². The van der Waals surface area contributed by atoms with Gasteiger partial charge in [0, 0.05) is 49.4 Å². The second-order valence-electron chi connectivity index (χ2n) is 9.84. The largest absolute Gasteiger partial charge is 0.496 e. The molecule has 214 valence electrons. The quantitative estimate of drug-likeness (QED) is 0.390. The van der Waals surface area contributed by atoms with Gasteiger partial charge in [-0.3, -0.25) is 9.69 Å². The summed E-state index contributed by atoms with van der Waals surface area (Å²) in [6, 6.07) is 24.7. The van der Waals surface area contributed by atoms with Crippen LogP contribution in [0, 0.1) is 11.3 Å². The van der Waals surface area contributed by atoms with Crippen LogP contribution in [0.15, 0.2) is 66.7 Å². The number of nitrogens with one attached hydrogen (secondary N) is 2. The molecule has 5 rings (SSSR count). The summed E-state index contributed by atoms with van der Waals surface area (Å²) in [6.07, 6.45) is -3.83. The Hall–Kier alpha value is -4.40. The van der Waals surface area contributed by atoms with E-state index < -0.39 is 12.1 Å². The number of nitrogens with zero attached hydrogens (tertiary/aromatic N) is 2. The first-order chi connectivity index (χ1) is 19.6. The van der Waals surface area contributed by atoms with Gasteiger partial charge in [0.15, 0.2) is 0 Å². The molecular weight excluding hydrogens is 537 g/mol. The molecule has 41 heavy (non-hydrogen) atoms. The van der Waals surface area contributed by atoms with E-state index in [0.717, 1.165) is 42.1 Å². The number of methoxy groups -OCH3 is 1. The van der Waals surface area contributed by atoms with Crippen LogP contribution in [0.1, 0.15) is 33.5 Å². The Morgan fingerprint density at radius 3 is 2.51 bits per heavy atom. The van der Waals surface area contributed by atoms with Crippen LogP contribution in [0.4, 0.5) is 13.2 Å². The van der Waals surface area contributed by atoms with Crippen molar-refractivity contribution in [2.45, 2.75) is 37.8 Å². The number of aliphatic carboxylic acids is 1. The van der Waals surface area contributed by atoms with Gasteiger partial charge < -0.3 is 20.5 Å². The number of fused-ring (bicyclic) bond motifs is 2. The molecule has 0 aliphatic carbocycles. The molecule has 2 fully saturated rings. The molecule has 3 aromatic carbocycles. The highest BCUT2D eigenvalue weighted by Gasteiger charge is 2.38. The third-order valence-electron chi connectivity index (χ3n) is 7.01. The summed E-state index contributed by atoms with van der Waals surface area (Å²) < 4.78 is 37.4. The summed E-state index contributed by atoms with van der Waals surface area (Å²) in [6.45, 7) is 3.55. The number of carboxylic acids is 1. The van der Waals surface area contributed by atoms with Gasteiger partial charge in [-0.2, -0.15) is 18.4 Å². The fourth-order valence-corrected chi connectivity index (χ4v) is 5.02. The number of hydrogen-bond donors (Lipinski definition) is 3. The fourth-order valence-electron chi connectivity index (χ4n) is 5.02. The average Bonchev–Trinajstić information content (AvgIpc) is 3.59. The number of carbonyl (C=O) groups is 2. The molecule has 0 radical (unpaired) electrons. The second kappa shape index (κ2) is 12.8. The first-order valence-electron chi connectivity index (χ1n) is 12.9. The zero-order valence-corrected chi connectivity index (χ0v) is 22.2. The lowest BCUT2D eigenvalue weighted by Crippen LogP contribution is -2.42. The average molecular weight is 567 g/mol. The van der Waals surface area contributed by atoms with Gasteiger partial charge in [0.2, 0.25) is 0 Å². The molecule has 0 saturated carbocycles. The van der Waals surface area contributed by atoms with Gasteiger partial charge in [0.25, 0.3) is 5.91 Å². The molecule has 2 aliphatic heterocycles. The van der Waals surface area contributed by atoms with Crippen molar-refractivity contribution >= 4 is 11.9 Å². The Morgan fingerprint density at radius 2 is 1.88 bits per heavy atom. The number of amides is 1. The first-order valence-corrected chi connectivity index (χ1v) is 12.9. The lowest BCUT2D eigenvalue weighted by molar-refractivity contribution is -0.192. The summed E-state index contributed by atoms with van der Waals surface area (Å²) in [4.78, 5) is 24.0. The molecule has 0 aromatic heterocycles. The number of benzene rings is 3. The minimum Gasteiger partial charge on any atom is -0.496 e. The second-order valence-corrected chi connectivity index (χ2v) is 9.84. The summed E-state index contributed by atoms with van der Waals surface area (Å²) in [7, 11) is 1.68. The number of rotatable bonds is 7. The first kappa shape index (κ1) is 29.6. The van der Waals surface area contributed by atoms with E-state index in [1.165, 1.54) is 12.0 Å². The van der Waals surface area contributed by atoms with Crippen molar-refractivity contribution in [2.24, 2.45) is 0 Å². The zero-order valence-electron chi connectivity index (χ0n) is 22.2. The van der Waals surface area contributed by atoms with E-state index in [1.807, 2.05) is 12.1 Å². The highest BCUT2D eigenvalue weighted by Crippen LogP contribution is 2.32. The molecule has 2 aliphatic rings. The number of nitriles is 1. The van der Waals surface area contributed by atoms with Crippen LogP contribution in [-0.4, -0.2) is 60.3 Å². The molecule has 0 unspecified atom stereocenters. The van der Waals surface area contributed by atoms with Crippen LogP contribution < -0.4 is 15.4 Å². The molecule has 11 heteroatoms. The normalized spacial score (nSPS) is 17.7. The van der Waals surface area contributed by atoms with Crippen molar-refractivity contribution in [3.8, 4) is 22.9 Å². The summed E-state index contributed by atoms with van der Waals surface area (Å²) in [5.41, 5.74) is 5.33. The number of likely N-dealkylation sites (tertiary alicyclic amines) is 1. The Labute approximate surface area is 235 Å². The van der Waals surface area contributed by atoms with Crippen molar-refractivity contribution in [3.05, 3.63) is 89.0 Å². The summed E-state index contributed by atoms with van der Waals surface area (Å²) in [5, 5.41) is 22.7. The molecule has 2 saturated heterocycles. The Kier molecular flexibility index (Phi) is 9.27. The molecule has 3 N–H and O–H groups in total. The fraction of sp³-hybridized carbons (Fsp3) is 0.300. The van der Waals surface area contributed by atoms with E-state index in [9.17, 15) is 18.0 Å². The van der Waals surface area contributed by atoms with Crippen molar-refractivity contribution in [3.63, 3.8) is 0 Å². The van der Waals surface area contributed by atoms with E-state index in [4.69, 9.17) is 19.9 Å². The molecule has 2 atom stereocenters. The van der Waals surface area contributed by atoms with Crippen LogP contribution in [-0.2, 0) is 17.9 Å². The Morgan fingerprint density at radius 1 is 1.12 bits per heavy atom. The molecule has 8 nitrogen and oxygen atoms in total. The third-order valence-corrected chi connectivity index (χ3v) is 7.01. The number of halogens is 3. The topological polar surface area (TPSA) is 115 Å². The van der Waals surface area contributed by atoms with Gasteiger partial charge >= 0.3 is 12.1 Å². The van der Waals surface area contributed by atoms with E-state index in [0.29, 0.717) is 29.8 Å². The standard InChI is InChI=1S/C28H28N4O2.C2HF3O2/c1-34-27-9-8-20(15-31-28(33)23-7-2-4-19(10-23)14-29)12-26(27)22-6-3-5-21(11-22)17-32-18-24-13-25(32)16-30-24;3-2(4,5)1(6)7/h2-12,24-25,30H,13,15-18H2,1H3,(H,31,33);(H,6,7)/t24-,25+;/m0./s1. The maximum Gasteiger partial charge on any atom is 0.490 e. The zero-order chi connectivity index (χ0) is 29.6. The van der Waals surface area contributed by atoms with Gasteiger partial charge in [-0.1, -0.05) is 30.3 Å². The lowest BCUT2D eigenvalue weighted by atomic mass is 9.99. The Balaban J connectivity index is 0.000000493. The molecule has 3 aromatic rings. The highest BCUT2D eigenvalue weighted by atomic mass is 19.4. The van der Waals surface area contributed by atoms with Crippen LogP contribution in [0.2, 0.25) is 0 Å². The number of carbonyl (C=O) groups excluding carboxylic acids is 1. The van der Waals surface area contributed by atoms with Gasteiger partial charge in [-0.05, 0) is 59.5 Å². The molecule has 2 bridgehead atoms. The maximum absolute atomic E-state index is 12.6. The highest BCUT2D eigenvalue weighted by molar-refractivity contribution is 5.94. The smallest absolute Gasteiger partial charge is 0.490 e. The van der Waals surface area contributed by atoms with Crippen LogP contribution >= 0.6 is 0 Å². The maximum atomic E-state index is 12.6. The number of alkyl halides is 3. The van der Waals surface area contributed by atoms with Gasteiger partial charge in [0.05, 0.1) is 18.7 Å². The SMILES string of the molecule is COc1ccc(CNC(=O)c2cccc(C#N)c2)cc1-c1cccc(CN2C[C@@H]3C[C@@H]2CN3)c1.O=C(O)C(F)(F)F. The monoisotopic (exact) mass is 566 g/mol. The number of hydrogen-bond acceptors (Lipinski definition) is 6. The van der Waals surface area contributed by atoms with E-state index in [2.05, 4.69) is 51.9 Å². The molecule has 0 spiro atoms. The molecular formula is C30H29F3N4O4. The third kappa shape index (κ3) is 7.63. The van der Waals surface area contributed by atoms with Crippen molar-refractivity contribution in [1.82, 2.24) is 15.5 Å². The molecule has 1 amide bonds. The van der Waals surface area contributed by atoms with Crippen molar-refractivity contribution < 1.29 is 32.6 Å². The predicted molar refractivity (Wildman–Crippen MR) is 145 cm³/mol. The van der Waals surface area contributed by atoms with Gasteiger partial charge in [0.1, 0.15) is 5.75 Å². The summed E-state index contributed by atoms with van der Waals surface area (Å²) in [5.74, 6) is -2.16. The van der Waals surface area contributed by atoms with E-state index >= 15 is 0 Å². The number of carboxylic acid groups (broad SMARTS) is 1. The minimum absolute atomic E-state index is 0.203. The number of ether oxygens (including phenoxy) is 1. The van der Waals surface area contributed by atoms with Crippen LogP contribution in [0.5, 0.6) is 5.75 Å². The number of piperazine rings is 1. The van der Waals surface area contributed by atoms with Gasteiger partial charge in [-0.15, -0.1) is 0 Å². The van der Waals surface area contributed by atoms with Gasteiger partial charge in [-0.25, -0.2) is 4.79 Å². The minimum atomic E-state index is -5.08. The molecule has 2 heterocycles. The van der Waals surface area contributed by atoms with E-state index in [1.54, 1.807) is 31.4 Å². The Bertz CT molecular complexity index is 1450. The lowest BCUT2D eigenvalue weighted by Gasteiger charge is -2.27. The van der Waals surface area contributed by atoms with E-state index in [-0.39, 0.29) is 5.91 Å². The van der Waals surface area contributed by atoms with Crippen molar-refractivity contribution in [2.75, 3.05) is 20.2 Å². The predicted octanol–water partition coefficient (Wildman–Crippen LogP) is 4.34. The summed E-state index contributed by atoms with van der Waals surface area (Å²) >= 11 is 0. The van der Waals surface area contributed by atoms with Crippen molar-refractivity contribution in [1.29, 1.82) is 5.26 Å². The van der Waals surface area contributed by atoms with Crippen LogP contribution in [0.3, 0.4) is 0 Å².